The Kier molecular flexibility index (Phi) is 9.93. The van der Waals surface area contributed by atoms with Crippen molar-refractivity contribution in [3.8, 4) is 0 Å². The first-order valence-corrected chi connectivity index (χ1v) is 12.3. The Morgan fingerprint density at radius 3 is 2.49 bits per heavy atom. The second-order valence-corrected chi connectivity index (χ2v) is 9.57. The van der Waals surface area contributed by atoms with Crippen LogP contribution in [0.4, 0.5) is 4.39 Å². The molecule has 0 aromatic heterocycles. The molecule has 1 aliphatic rings. The van der Waals surface area contributed by atoms with Crippen molar-refractivity contribution in [2.45, 2.75) is 44.6 Å². The summed E-state index contributed by atoms with van der Waals surface area (Å²) >= 11 is 12.0. The number of esters is 1. The van der Waals surface area contributed by atoms with Gasteiger partial charge < -0.3 is 15.0 Å². The van der Waals surface area contributed by atoms with Gasteiger partial charge in [-0.25, -0.2) is 9.18 Å². The summed E-state index contributed by atoms with van der Waals surface area (Å²) in [5, 5.41) is 3.56. The van der Waals surface area contributed by atoms with Crippen molar-refractivity contribution in [3.05, 3.63) is 69.5 Å². The molecule has 1 fully saturated rings. The number of amides is 2. The molecule has 3 rings (SSSR count). The van der Waals surface area contributed by atoms with E-state index in [1.807, 2.05) is 6.07 Å². The fraction of sp³-hybridized carbons (Fsp3) is 0.423. The van der Waals surface area contributed by atoms with E-state index in [-0.39, 0.29) is 36.4 Å². The molecule has 9 heteroatoms. The first-order valence-electron chi connectivity index (χ1n) is 11.6. The Labute approximate surface area is 214 Å². The van der Waals surface area contributed by atoms with Crippen LogP contribution in [0.1, 0.15) is 36.8 Å². The van der Waals surface area contributed by atoms with Crippen LogP contribution < -0.4 is 5.32 Å². The third-order valence-electron chi connectivity index (χ3n) is 6.20. The van der Waals surface area contributed by atoms with Gasteiger partial charge in [-0.05, 0) is 60.6 Å². The van der Waals surface area contributed by atoms with E-state index in [0.29, 0.717) is 48.8 Å². The summed E-state index contributed by atoms with van der Waals surface area (Å²) in [6, 6.07) is 10.5. The molecular formula is C26H29Cl2FN2O4. The maximum absolute atomic E-state index is 13.3. The molecule has 1 N–H and O–H groups in total. The van der Waals surface area contributed by atoms with Gasteiger partial charge in [0.1, 0.15) is 11.9 Å². The number of carbonyl (C=O) groups excluding carboxylic acids is 3. The summed E-state index contributed by atoms with van der Waals surface area (Å²) < 4.78 is 18.2. The fourth-order valence-corrected chi connectivity index (χ4v) is 4.56. The van der Waals surface area contributed by atoms with Gasteiger partial charge in [0, 0.05) is 32.4 Å². The lowest BCUT2D eigenvalue weighted by atomic mass is 9.92. The summed E-state index contributed by atoms with van der Waals surface area (Å²) in [6.07, 6.45) is 2.72. The molecule has 0 bridgehead atoms. The Morgan fingerprint density at radius 2 is 1.83 bits per heavy atom. The van der Waals surface area contributed by atoms with E-state index in [1.54, 1.807) is 29.2 Å². The number of carbonyl (C=O) groups is 3. The zero-order valence-corrected chi connectivity index (χ0v) is 21.1. The molecule has 1 aliphatic heterocycles. The maximum atomic E-state index is 13.3. The number of nitrogens with one attached hydrogen (secondary N) is 1. The fourth-order valence-electron chi connectivity index (χ4n) is 4.24. The van der Waals surface area contributed by atoms with Crippen LogP contribution in [0.3, 0.4) is 0 Å². The van der Waals surface area contributed by atoms with E-state index in [9.17, 15) is 18.8 Å². The monoisotopic (exact) mass is 522 g/mol. The molecular weight excluding hydrogens is 494 g/mol. The van der Waals surface area contributed by atoms with Crippen molar-refractivity contribution in [1.82, 2.24) is 10.2 Å². The van der Waals surface area contributed by atoms with Gasteiger partial charge in [0.2, 0.25) is 11.8 Å². The van der Waals surface area contributed by atoms with E-state index in [2.05, 4.69) is 5.32 Å². The highest BCUT2D eigenvalue weighted by atomic mass is 35.5. The molecule has 1 unspecified atom stereocenters. The molecule has 2 aromatic rings. The summed E-state index contributed by atoms with van der Waals surface area (Å²) in [5.41, 5.74) is 1.55. The van der Waals surface area contributed by atoms with E-state index < -0.39 is 12.0 Å². The second-order valence-electron chi connectivity index (χ2n) is 8.75. The van der Waals surface area contributed by atoms with Gasteiger partial charge in [0.25, 0.3) is 0 Å². The summed E-state index contributed by atoms with van der Waals surface area (Å²) in [7, 11) is 1.28. The number of likely N-dealkylation sites (tertiary alicyclic amines) is 1. The molecule has 188 valence electrons. The van der Waals surface area contributed by atoms with E-state index in [1.165, 1.54) is 19.2 Å². The van der Waals surface area contributed by atoms with E-state index in [0.717, 1.165) is 11.1 Å². The third-order valence-corrected chi connectivity index (χ3v) is 6.94. The zero-order chi connectivity index (χ0) is 25.4. The van der Waals surface area contributed by atoms with Crippen LogP contribution in [0.5, 0.6) is 0 Å². The third kappa shape index (κ3) is 8.22. The first-order chi connectivity index (χ1) is 16.7. The van der Waals surface area contributed by atoms with Crippen LogP contribution in [0.25, 0.3) is 0 Å². The Morgan fingerprint density at radius 1 is 1.09 bits per heavy atom. The Balaban J connectivity index is 1.45. The van der Waals surface area contributed by atoms with E-state index in [4.69, 9.17) is 27.9 Å². The number of piperidine rings is 1. The molecule has 35 heavy (non-hydrogen) atoms. The molecule has 0 saturated carbocycles. The summed E-state index contributed by atoms with van der Waals surface area (Å²) in [6.45, 7) is 1.15. The normalized spacial score (nSPS) is 14.9. The van der Waals surface area contributed by atoms with Gasteiger partial charge in [-0.2, -0.15) is 0 Å². The quantitative estimate of drug-likeness (QED) is 0.488. The number of hydrogen-bond acceptors (Lipinski definition) is 4. The van der Waals surface area contributed by atoms with Crippen molar-refractivity contribution >= 4 is 41.0 Å². The van der Waals surface area contributed by atoms with Gasteiger partial charge in [-0.15, -0.1) is 0 Å². The largest absolute Gasteiger partial charge is 0.467 e. The van der Waals surface area contributed by atoms with Gasteiger partial charge in [0.15, 0.2) is 0 Å². The van der Waals surface area contributed by atoms with Crippen LogP contribution in [0, 0.1) is 11.7 Å². The molecule has 1 saturated heterocycles. The molecule has 1 heterocycles. The minimum Gasteiger partial charge on any atom is -0.467 e. The lowest BCUT2D eigenvalue weighted by Gasteiger charge is -2.32. The van der Waals surface area contributed by atoms with Crippen LogP contribution in [-0.4, -0.2) is 48.9 Å². The lowest BCUT2D eigenvalue weighted by Crippen LogP contribution is -2.44. The number of nitrogens with zero attached hydrogens (tertiary/aromatic N) is 1. The zero-order valence-electron chi connectivity index (χ0n) is 19.6. The lowest BCUT2D eigenvalue weighted by molar-refractivity contribution is -0.145. The standard InChI is InChI=1S/C26H29Cl2FN2O4/c1-35-26(34)23(15-19-5-7-21(27)22(28)14-19)30-24(32)16-18-9-11-31(12-10-18)25(33)8-6-17-3-2-4-20(29)13-17/h2-5,7,13-14,18,23H,6,8-12,15-16H2,1H3,(H,30,32). The van der Waals surface area contributed by atoms with E-state index >= 15 is 0 Å². The van der Waals surface area contributed by atoms with Crippen LogP contribution >= 0.6 is 23.2 Å². The highest BCUT2D eigenvalue weighted by molar-refractivity contribution is 6.42. The van der Waals surface area contributed by atoms with Gasteiger partial charge in [-0.1, -0.05) is 41.4 Å². The minimum absolute atomic E-state index is 0.0320. The smallest absolute Gasteiger partial charge is 0.328 e. The predicted molar refractivity (Wildman–Crippen MR) is 133 cm³/mol. The average molecular weight is 523 g/mol. The number of benzene rings is 2. The summed E-state index contributed by atoms with van der Waals surface area (Å²) in [5.74, 6) is -0.935. The minimum atomic E-state index is -0.839. The molecule has 0 aliphatic carbocycles. The molecule has 2 aromatic carbocycles. The van der Waals surface area contributed by atoms with Crippen LogP contribution in [0.15, 0.2) is 42.5 Å². The number of methoxy groups -OCH3 is 1. The second kappa shape index (κ2) is 12.9. The van der Waals surface area contributed by atoms with Crippen molar-refractivity contribution < 1.29 is 23.5 Å². The molecule has 0 spiro atoms. The maximum Gasteiger partial charge on any atom is 0.328 e. The molecule has 0 radical (unpaired) electrons. The SMILES string of the molecule is COC(=O)C(Cc1ccc(Cl)c(Cl)c1)NC(=O)CC1CCN(C(=O)CCc2cccc(F)c2)CC1. The molecule has 2 amide bonds. The highest BCUT2D eigenvalue weighted by Gasteiger charge is 2.27. The predicted octanol–water partition coefficient (Wildman–Crippen LogP) is 4.59. The topological polar surface area (TPSA) is 75.7 Å². The average Bonchev–Trinajstić information content (AvgIpc) is 2.84. The van der Waals surface area contributed by atoms with Crippen molar-refractivity contribution in [2.75, 3.05) is 20.2 Å². The van der Waals surface area contributed by atoms with Crippen LogP contribution in [-0.2, 0) is 32.0 Å². The number of halogens is 3. The highest BCUT2D eigenvalue weighted by Crippen LogP contribution is 2.24. The van der Waals surface area contributed by atoms with Crippen molar-refractivity contribution in [2.24, 2.45) is 5.92 Å². The summed E-state index contributed by atoms with van der Waals surface area (Å²) in [4.78, 5) is 39.3. The number of aryl methyl sites for hydroxylation is 1. The van der Waals surface area contributed by atoms with Crippen molar-refractivity contribution in [3.63, 3.8) is 0 Å². The van der Waals surface area contributed by atoms with Crippen molar-refractivity contribution in [1.29, 1.82) is 0 Å². The number of hydrogen-bond donors (Lipinski definition) is 1. The van der Waals surface area contributed by atoms with Gasteiger partial charge in [0.05, 0.1) is 17.2 Å². The number of ether oxygens (including phenoxy) is 1. The Hall–Kier alpha value is -2.64. The van der Waals surface area contributed by atoms with Gasteiger partial charge in [-0.3, -0.25) is 9.59 Å². The van der Waals surface area contributed by atoms with Crippen LogP contribution in [0.2, 0.25) is 10.0 Å². The van der Waals surface area contributed by atoms with Gasteiger partial charge >= 0.3 is 5.97 Å². The molecule has 1 atom stereocenters. The Bertz CT molecular complexity index is 1060. The number of rotatable bonds is 9. The molecule has 6 nitrogen and oxygen atoms in total. The first kappa shape index (κ1) is 27.0.